The summed E-state index contributed by atoms with van der Waals surface area (Å²) in [5.41, 5.74) is 0.988. The van der Waals surface area contributed by atoms with Gasteiger partial charge >= 0.3 is 5.69 Å². The van der Waals surface area contributed by atoms with Crippen LogP contribution in [0.25, 0.3) is 0 Å². The highest BCUT2D eigenvalue weighted by Gasteiger charge is 2.19. The highest BCUT2D eigenvalue weighted by Crippen LogP contribution is 2.40. The van der Waals surface area contributed by atoms with E-state index in [2.05, 4.69) is 47.8 Å². The molecular weight excluding hydrogens is 458 g/mol. The maximum atomic E-state index is 11.0. The maximum absolute atomic E-state index is 11.0. The van der Waals surface area contributed by atoms with E-state index in [-0.39, 0.29) is 11.4 Å². The minimum atomic E-state index is -0.471. The number of nitrogens with zero attached hydrogens (tertiary/aromatic N) is 1. The fourth-order valence-corrected chi connectivity index (χ4v) is 2.86. The molecule has 2 aromatic rings. The van der Waals surface area contributed by atoms with Gasteiger partial charge in [-0.15, -0.1) is 0 Å². The molecule has 0 N–H and O–H groups in total. The molecule has 0 fully saturated rings. The average molecular weight is 466 g/mol. The Kier molecular flexibility index (Phi) is 5.17. The Morgan fingerprint density at radius 3 is 2.50 bits per heavy atom. The van der Waals surface area contributed by atoms with Gasteiger partial charge in [0.2, 0.25) is 5.75 Å². The summed E-state index contributed by atoms with van der Waals surface area (Å²) in [7, 11) is 0. The van der Waals surface area contributed by atoms with Crippen molar-refractivity contribution in [2.45, 2.75) is 5.33 Å². The summed E-state index contributed by atoms with van der Waals surface area (Å²) in [6.07, 6.45) is 0. The molecule has 2 rings (SSSR count). The number of hydrogen-bond acceptors (Lipinski definition) is 3. The van der Waals surface area contributed by atoms with Gasteiger partial charge in [0, 0.05) is 11.4 Å². The van der Waals surface area contributed by atoms with Crippen molar-refractivity contribution in [1.82, 2.24) is 0 Å². The number of nitro benzene ring substituents is 1. The number of benzene rings is 2. The van der Waals surface area contributed by atoms with E-state index in [0.717, 1.165) is 15.4 Å². The monoisotopic (exact) mass is 463 g/mol. The molecule has 4 nitrogen and oxygen atoms in total. The first-order valence-electron chi connectivity index (χ1n) is 5.48. The molecule has 2 aromatic carbocycles. The predicted molar refractivity (Wildman–Crippen MR) is 87.6 cm³/mol. The van der Waals surface area contributed by atoms with Crippen LogP contribution in [-0.4, -0.2) is 4.92 Å². The second kappa shape index (κ2) is 6.69. The summed E-state index contributed by atoms with van der Waals surface area (Å²) in [6, 6.07) is 10.2. The third-order valence-electron chi connectivity index (χ3n) is 2.51. The molecule has 0 heterocycles. The summed E-state index contributed by atoms with van der Waals surface area (Å²) < 4.78 is 6.95. The Morgan fingerprint density at radius 1 is 1.15 bits per heavy atom. The van der Waals surface area contributed by atoms with E-state index in [0.29, 0.717) is 10.2 Å². The molecular formula is C13H8Br3NO3. The first-order valence-corrected chi connectivity index (χ1v) is 8.19. The van der Waals surface area contributed by atoms with Crippen molar-refractivity contribution in [2.24, 2.45) is 0 Å². The van der Waals surface area contributed by atoms with Gasteiger partial charge in [-0.1, -0.05) is 28.1 Å². The maximum Gasteiger partial charge on any atom is 0.312 e. The molecule has 0 aromatic heterocycles. The lowest BCUT2D eigenvalue weighted by Gasteiger charge is -2.10. The second-order valence-corrected chi connectivity index (χ2v) is 6.12. The lowest BCUT2D eigenvalue weighted by Crippen LogP contribution is -1.95. The van der Waals surface area contributed by atoms with Gasteiger partial charge in [0.25, 0.3) is 0 Å². The van der Waals surface area contributed by atoms with Crippen molar-refractivity contribution in [3.8, 4) is 11.5 Å². The molecule has 0 spiro atoms. The van der Waals surface area contributed by atoms with E-state index in [1.807, 2.05) is 12.1 Å². The van der Waals surface area contributed by atoms with Gasteiger partial charge in [-0.05, 0) is 55.6 Å². The normalized spacial score (nSPS) is 10.3. The van der Waals surface area contributed by atoms with Crippen molar-refractivity contribution >= 4 is 53.5 Å². The molecule has 0 aliphatic carbocycles. The van der Waals surface area contributed by atoms with E-state index >= 15 is 0 Å². The van der Waals surface area contributed by atoms with Crippen LogP contribution in [0.15, 0.2) is 45.3 Å². The van der Waals surface area contributed by atoms with Gasteiger partial charge in [-0.2, -0.15) is 0 Å². The van der Waals surface area contributed by atoms with Gasteiger partial charge in [0.1, 0.15) is 5.75 Å². The molecule has 0 saturated carbocycles. The molecule has 0 saturated heterocycles. The second-order valence-electron chi connectivity index (χ2n) is 3.85. The topological polar surface area (TPSA) is 52.4 Å². The quantitative estimate of drug-likeness (QED) is 0.325. The summed E-state index contributed by atoms with van der Waals surface area (Å²) in [4.78, 5) is 10.6. The first kappa shape index (κ1) is 15.5. The molecule has 104 valence electrons. The largest absolute Gasteiger partial charge is 0.448 e. The number of nitro groups is 1. The summed E-state index contributed by atoms with van der Waals surface area (Å²) >= 11 is 10.0. The minimum absolute atomic E-state index is 0.0872. The summed E-state index contributed by atoms with van der Waals surface area (Å²) in [6.45, 7) is 0. The Bertz CT molecular complexity index is 661. The molecule has 7 heteroatoms. The molecule has 20 heavy (non-hydrogen) atoms. The predicted octanol–water partition coefficient (Wildman–Crippen LogP) is 5.81. The van der Waals surface area contributed by atoms with Crippen molar-refractivity contribution < 1.29 is 9.66 Å². The number of ether oxygens (including phenoxy) is 1. The van der Waals surface area contributed by atoms with E-state index in [9.17, 15) is 10.1 Å². The number of alkyl halides is 1. The van der Waals surface area contributed by atoms with Crippen LogP contribution in [0.2, 0.25) is 0 Å². The Hall–Kier alpha value is -0.920. The van der Waals surface area contributed by atoms with Crippen molar-refractivity contribution in [3.05, 3.63) is 61.0 Å². The van der Waals surface area contributed by atoms with Crippen molar-refractivity contribution in [1.29, 1.82) is 0 Å². The lowest BCUT2D eigenvalue weighted by atomic mass is 10.2. The van der Waals surface area contributed by atoms with Gasteiger partial charge in [0.15, 0.2) is 0 Å². The van der Waals surface area contributed by atoms with Crippen LogP contribution in [0, 0.1) is 10.1 Å². The van der Waals surface area contributed by atoms with E-state index in [1.165, 1.54) is 6.07 Å². The van der Waals surface area contributed by atoms with E-state index in [4.69, 9.17) is 4.74 Å². The van der Waals surface area contributed by atoms with Crippen LogP contribution in [0.4, 0.5) is 5.69 Å². The number of halogens is 3. The third kappa shape index (κ3) is 3.39. The smallest absolute Gasteiger partial charge is 0.312 e. The van der Waals surface area contributed by atoms with Crippen LogP contribution in [0.3, 0.4) is 0 Å². The molecule has 0 bridgehead atoms. The van der Waals surface area contributed by atoms with Crippen molar-refractivity contribution in [2.75, 3.05) is 0 Å². The zero-order valence-corrected chi connectivity index (χ0v) is 14.7. The van der Waals surface area contributed by atoms with Crippen LogP contribution >= 0.6 is 47.8 Å². The van der Waals surface area contributed by atoms with Gasteiger partial charge in [0.05, 0.1) is 13.9 Å². The Labute approximate surface area is 140 Å². The zero-order chi connectivity index (χ0) is 14.7. The lowest BCUT2D eigenvalue weighted by molar-refractivity contribution is -0.385. The highest BCUT2D eigenvalue weighted by atomic mass is 79.9. The van der Waals surface area contributed by atoms with Crippen LogP contribution in [-0.2, 0) is 5.33 Å². The number of hydrogen-bond donors (Lipinski definition) is 0. The molecule has 0 aliphatic rings. The number of para-hydroxylation sites is 1. The third-order valence-corrected chi connectivity index (χ3v) is 4.40. The van der Waals surface area contributed by atoms with E-state index < -0.39 is 4.92 Å². The van der Waals surface area contributed by atoms with Crippen LogP contribution < -0.4 is 4.74 Å². The summed E-state index contributed by atoms with van der Waals surface area (Å²) in [5.74, 6) is 0.703. The van der Waals surface area contributed by atoms with Crippen molar-refractivity contribution in [3.63, 3.8) is 0 Å². The Morgan fingerprint density at radius 2 is 1.90 bits per heavy atom. The fraction of sp³-hybridized carbons (Fsp3) is 0.0769. The van der Waals surface area contributed by atoms with Crippen LogP contribution in [0.1, 0.15) is 5.56 Å². The standard InChI is InChI=1S/C13H8Br3NO3/c14-7-8-4-5-12(10(16)6-8)20-13-9(15)2-1-3-11(13)17(18)19/h1-6H,7H2. The van der Waals surface area contributed by atoms with Gasteiger partial charge < -0.3 is 4.74 Å². The molecule has 0 aliphatic heterocycles. The first-order chi connectivity index (χ1) is 9.52. The highest BCUT2D eigenvalue weighted by molar-refractivity contribution is 9.11. The fourth-order valence-electron chi connectivity index (χ4n) is 1.56. The zero-order valence-electron chi connectivity index (χ0n) is 9.98. The minimum Gasteiger partial charge on any atom is -0.448 e. The SMILES string of the molecule is O=[N+]([O-])c1cccc(Br)c1Oc1ccc(CBr)cc1Br. The molecule has 0 unspecified atom stereocenters. The van der Waals surface area contributed by atoms with Gasteiger partial charge in [-0.25, -0.2) is 0 Å². The van der Waals surface area contributed by atoms with E-state index in [1.54, 1.807) is 18.2 Å². The summed E-state index contributed by atoms with van der Waals surface area (Å²) in [5, 5.41) is 11.8. The molecule has 0 atom stereocenters. The average Bonchev–Trinajstić information content (AvgIpc) is 2.42. The number of rotatable bonds is 4. The molecule has 0 radical (unpaired) electrons. The van der Waals surface area contributed by atoms with Crippen LogP contribution in [0.5, 0.6) is 11.5 Å². The Balaban J connectivity index is 2.42. The van der Waals surface area contributed by atoms with Gasteiger partial charge in [-0.3, -0.25) is 10.1 Å². The molecule has 0 amide bonds.